The van der Waals surface area contributed by atoms with Gasteiger partial charge in [0.2, 0.25) is 10.0 Å². The maximum absolute atomic E-state index is 12.7. The van der Waals surface area contributed by atoms with Crippen molar-refractivity contribution in [2.45, 2.75) is 24.2 Å². The van der Waals surface area contributed by atoms with E-state index in [1.165, 1.54) is 0 Å². The number of nitrogens with one attached hydrogen (secondary N) is 2. The summed E-state index contributed by atoms with van der Waals surface area (Å²) in [6.45, 7) is 3.28. The molecule has 1 aliphatic heterocycles. The van der Waals surface area contributed by atoms with Crippen molar-refractivity contribution in [2.75, 3.05) is 39.8 Å². The number of rotatable bonds is 9. The third-order valence-corrected chi connectivity index (χ3v) is 7.27. The molecule has 0 saturated carbocycles. The summed E-state index contributed by atoms with van der Waals surface area (Å²) in [5.74, 6) is 2.06. The van der Waals surface area contributed by atoms with Gasteiger partial charge in [-0.05, 0) is 49.4 Å². The first-order valence-corrected chi connectivity index (χ1v) is 12.2. The number of piperidine rings is 1. The summed E-state index contributed by atoms with van der Waals surface area (Å²) < 4.78 is 32.8. The van der Waals surface area contributed by atoms with Gasteiger partial charge in [-0.1, -0.05) is 36.4 Å². The number of guanidine groups is 1. The van der Waals surface area contributed by atoms with Crippen LogP contribution >= 0.6 is 24.0 Å². The Morgan fingerprint density at radius 3 is 2.28 bits per heavy atom. The fraction of sp³-hybridized carbons (Fsp3) is 0.435. The van der Waals surface area contributed by atoms with Crippen molar-refractivity contribution in [3.8, 4) is 5.75 Å². The summed E-state index contributed by atoms with van der Waals surface area (Å²) in [4.78, 5) is 4.64. The van der Waals surface area contributed by atoms with Crippen molar-refractivity contribution in [3.63, 3.8) is 0 Å². The van der Waals surface area contributed by atoms with Crippen molar-refractivity contribution < 1.29 is 13.2 Å². The molecule has 3 rings (SSSR count). The van der Waals surface area contributed by atoms with Gasteiger partial charge >= 0.3 is 0 Å². The van der Waals surface area contributed by atoms with E-state index < -0.39 is 10.0 Å². The second-order valence-electron chi connectivity index (χ2n) is 7.56. The molecular formula is C23H33IN4O3S. The van der Waals surface area contributed by atoms with Gasteiger partial charge in [0.25, 0.3) is 0 Å². The van der Waals surface area contributed by atoms with Crippen LogP contribution in [0.2, 0.25) is 0 Å². The highest BCUT2D eigenvalue weighted by Gasteiger charge is 2.29. The fourth-order valence-electron chi connectivity index (χ4n) is 3.54. The average Bonchev–Trinajstić information content (AvgIpc) is 2.82. The van der Waals surface area contributed by atoms with E-state index in [4.69, 9.17) is 4.74 Å². The summed E-state index contributed by atoms with van der Waals surface area (Å²) in [6.07, 6.45) is 2.53. The third kappa shape index (κ3) is 7.93. The Morgan fingerprint density at radius 1 is 1.03 bits per heavy atom. The minimum Gasteiger partial charge on any atom is -0.494 e. The lowest BCUT2D eigenvalue weighted by Gasteiger charge is -2.31. The first-order chi connectivity index (χ1) is 15.1. The average molecular weight is 573 g/mol. The predicted octanol–water partition coefficient (Wildman–Crippen LogP) is 3.34. The zero-order chi connectivity index (χ0) is 21.9. The highest BCUT2D eigenvalue weighted by atomic mass is 127. The third-order valence-electron chi connectivity index (χ3n) is 5.36. The van der Waals surface area contributed by atoms with Crippen LogP contribution in [0.25, 0.3) is 0 Å². The van der Waals surface area contributed by atoms with Gasteiger partial charge in [-0.2, -0.15) is 4.31 Å². The molecule has 0 unspecified atom stereocenters. The van der Waals surface area contributed by atoms with Crippen LogP contribution in [0.4, 0.5) is 0 Å². The topological polar surface area (TPSA) is 83.0 Å². The molecule has 0 radical (unpaired) electrons. The SMILES string of the molecule is CN=C(NCCCOc1ccccc1)NCC1CCN(S(=O)(=O)c2ccccc2)CC1.I. The molecule has 7 nitrogen and oxygen atoms in total. The van der Waals surface area contributed by atoms with E-state index >= 15 is 0 Å². The first-order valence-electron chi connectivity index (χ1n) is 10.8. The summed E-state index contributed by atoms with van der Waals surface area (Å²) >= 11 is 0. The molecule has 0 atom stereocenters. The highest BCUT2D eigenvalue weighted by Crippen LogP contribution is 2.23. The van der Waals surface area contributed by atoms with E-state index in [0.29, 0.717) is 30.5 Å². The number of hydrogen-bond donors (Lipinski definition) is 2. The lowest BCUT2D eigenvalue weighted by Crippen LogP contribution is -2.44. The summed E-state index contributed by atoms with van der Waals surface area (Å²) in [6, 6.07) is 18.4. The molecule has 0 aliphatic carbocycles. The van der Waals surface area contributed by atoms with Crippen LogP contribution in [0.3, 0.4) is 0 Å². The zero-order valence-corrected chi connectivity index (χ0v) is 21.6. The van der Waals surface area contributed by atoms with Crippen molar-refractivity contribution in [1.82, 2.24) is 14.9 Å². The Balaban J connectivity index is 0.00000363. The minimum absolute atomic E-state index is 0. The zero-order valence-electron chi connectivity index (χ0n) is 18.4. The Hall–Kier alpha value is -1.85. The van der Waals surface area contributed by atoms with Gasteiger partial charge in [-0.15, -0.1) is 24.0 Å². The van der Waals surface area contributed by atoms with Gasteiger partial charge in [0, 0.05) is 33.2 Å². The van der Waals surface area contributed by atoms with Gasteiger partial charge in [0.1, 0.15) is 5.75 Å². The molecule has 2 aromatic rings. The Kier molecular flexibility index (Phi) is 11.3. The summed E-state index contributed by atoms with van der Waals surface area (Å²) in [5, 5.41) is 6.67. The van der Waals surface area contributed by atoms with Gasteiger partial charge in [-0.3, -0.25) is 4.99 Å². The molecular weight excluding hydrogens is 539 g/mol. The number of para-hydroxylation sites is 1. The van der Waals surface area contributed by atoms with Crippen molar-refractivity contribution >= 4 is 40.0 Å². The molecule has 0 bridgehead atoms. The smallest absolute Gasteiger partial charge is 0.243 e. The Bertz CT molecular complexity index is 919. The number of aliphatic imine (C=N–C) groups is 1. The number of sulfonamides is 1. The predicted molar refractivity (Wildman–Crippen MR) is 139 cm³/mol. The van der Waals surface area contributed by atoms with Gasteiger partial charge in [-0.25, -0.2) is 8.42 Å². The van der Waals surface area contributed by atoms with Crippen LogP contribution in [0.5, 0.6) is 5.75 Å². The molecule has 0 aromatic heterocycles. The molecule has 2 aromatic carbocycles. The maximum atomic E-state index is 12.7. The molecule has 32 heavy (non-hydrogen) atoms. The van der Waals surface area contributed by atoms with Crippen molar-refractivity contribution in [2.24, 2.45) is 10.9 Å². The first kappa shape index (κ1) is 26.4. The van der Waals surface area contributed by atoms with Crippen LogP contribution < -0.4 is 15.4 Å². The fourth-order valence-corrected chi connectivity index (χ4v) is 5.03. The van der Waals surface area contributed by atoms with Crippen LogP contribution in [0, 0.1) is 5.92 Å². The summed E-state index contributed by atoms with van der Waals surface area (Å²) in [5.41, 5.74) is 0. The van der Waals surface area contributed by atoms with Crippen molar-refractivity contribution in [3.05, 3.63) is 60.7 Å². The van der Waals surface area contributed by atoms with E-state index in [-0.39, 0.29) is 24.0 Å². The lowest BCUT2D eigenvalue weighted by atomic mass is 9.98. The maximum Gasteiger partial charge on any atom is 0.243 e. The van der Waals surface area contributed by atoms with E-state index in [0.717, 1.165) is 44.1 Å². The number of benzene rings is 2. The van der Waals surface area contributed by atoms with Crippen LogP contribution in [0.1, 0.15) is 19.3 Å². The van der Waals surface area contributed by atoms with Crippen molar-refractivity contribution in [1.29, 1.82) is 0 Å². The Morgan fingerprint density at radius 2 is 1.66 bits per heavy atom. The van der Waals surface area contributed by atoms with Crippen LogP contribution in [-0.2, 0) is 10.0 Å². The molecule has 0 amide bonds. The van der Waals surface area contributed by atoms with E-state index in [1.54, 1.807) is 35.6 Å². The van der Waals surface area contributed by atoms with Crippen LogP contribution in [-0.4, -0.2) is 58.5 Å². The molecule has 1 fully saturated rings. The van der Waals surface area contributed by atoms with Gasteiger partial charge in [0.15, 0.2) is 5.96 Å². The van der Waals surface area contributed by atoms with E-state index in [1.807, 2.05) is 36.4 Å². The monoisotopic (exact) mass is 572 g/mol. The Labute approximate surface area is 208 Å². The van der Waals surface area contributed by atoms with E-state index in [9.17, 15) is 8.42 Å². The number of hydrogen-bond acceptors (Lipinski definition) is 4. The van der Waals surface area contributed by atoms with Gasteiger partial charge in [0.05, 0.1) is 11.5 Å². The van der Waals surface area contributed by atoms with Gasteiger partial charge < -0.3 is 15.4 Å². The number of nitrogens with zero attached hydrogens (tertiary/aromatic N) is 2. The highest BCUT2D eigenvalue weighted by molar-refractivity contribution is 14.0. The lowest BCUT2D eigenvalue weighted by molar-refractivity contribution is 0.273. The standard InChI is InChI=1S/C23H32N4O3S.HI/c1-24-23(25-15-8-18-30-21-9-4-2-5-10-21)26-19-20-13-16-27(17-14-20)31(28,29)22-11-6-3-7-12-22;/h2-7,9-12,20H,8,13-19H2,1H3,(H2,24,25,26);1H. The minimum atomic E-state index is -3.39. The van der Waals surface area contributed by atoms with Crippen LogP contribution in [0.15, 0.2) is 70.6 Å². The second-order valence-corrected chi connectivity index (χ2v) is 9.49. The molecule has 1 saturated heterocycles. The quantitative estimate of drug-likeness (QED) is 0.209. The molecule has 2 N–H and O–H groups in total. The molecule has 9 heteroatoms. The van der Waals surface area contributed by atoms with E-state index in [2.05, 4.69) is 15.6 Å². The summed E-state index contributed by atoms with van der Waals surface area (Å²) in [7, 11) is -1.64. The second kappa shape index (κ2) is 13.6. The molecule has 1 heterocycles. The molecule has 176 valence electrons. The molecule has 1 aliphatic rings. The number of ether oxygens (including phenoxy) is 1. The normalized spacial score (nSPS) is 15.6. The number of halogens is 1. The molecule has 0 spiro atoms. The largest absolute Gasteiger partial charge is 0.494 e.